The molecule has 1 saturated carbocycles. The third kappa shape index (κ3) is 2.97. The number of pyridine rings is 1. The zero-order chi connectivity index (χ0) is 12.5. The lowest BCUT2D eigenvalue weighted by molar-refractivity contribution is 0.587. The molecule has 0 spiro atoms. The fourth-order valence-electron chi connectivity index (χ4n) is 2.01. The second-order valence-corrected chi connectivity index (χ2v) is 5.87. The van der Waals surface area contributed by atoms with Crippen LogP contribution in [-0.4, -0.2) is 24.1 Å². The molecule has 3 heteroatoms. The largest absolute Gasteiger partial charge is 0.352 e. The van der Waals surface area contributed by atoms with Gasteiger partial charge in [0.2, 0.25) is 0 Å². The summed E-state index contributed by atoms with van der Waals surface area (Å²) in [4.78, 5) is 6.94. The molecule has 2 N–H and O–H groups in total. The van der Waals surface area contributed by atoms with Gasteiger partial charge in [-0.25, -0.2) is 4.98 Å². The number of hydrogen-bond acceptors (Lipinski definition) is 3. The second-order valence-electron chi connectivity index (χ2n) is 5.87. The molecule has 0 aromatic carbocycles. The highest BCUT2D eigenvalue weighted by Crippen LogP contribution is 2.31. The summed E-state index contributed by atoms with van der Waals surface area (Å²) in [6.07, 6.45) is 4.56. The molecule has 0 atom stereocenters. The third-order valence-corrected chi connectivity index (χ3v) is 3.27. The molecule has 94 valence electrons. The molecular weight excluding hydrogens is 210 g/mol. The van der Waals surface area contributed by atoms with Crippen LogP contribution in [0.2, 0.25) is 0 Å². The highest BCUT2D eigenvalue weighted by atomic mass is 15.2. The van der Waals surface area contributed by atoms with Crippen LogP contribution in [0, 0.1) is 0 Å². The van der Waals surface area contributed by atoms with Gasteiger partial charge in [0, 0.05) is 25.3 Å². The van der Waals surface area contributed by atoms with Crippen molar-refractivity contribution in [3.8, 4) is 0 Å². The van der Waals surface area contributed by atoms with E-state index >= 15 is 0 Å². The molecular formula is C14H23N3. The van der Waals surface area contributed by atoms with Crippen molar-refractivity contribution in [3.05, 3.63) is 23.9 Å². The molecule has 3 nitrogen and oxygen atoms in total. The van der Waals surface area contributed by atoms with Crippen molar-refractivity contribution in [2.45, 2.75) is 45.1 Å². The topological polar surface area (TPSA) is 42.1 Å². The van der Waals surface area contributed by atoms with Gasteiger partial charge in [0.1, 0.15) is 5.82 Å². The molecule has 0 aliphatic heterocycles. The summed E-state index contributed by atoms with van der Waals surface area (Å²) < 4.78 is 0. The Kier molecular flexibility index (Phi) is 3.38. The number of anilines is 1. The van der Waals surface area contributed by atoms with Crippen LogP contribution in [0.5, 0.6) is 0 Å². The Morgan fingerprint density at radius 2 is 2.06 bits per heavy atom. The summed E-state index contributed by atoms with van der Waals surface area (Å²) >= 11 is 0. The summed E-state index contributed by atoms with van der Waals surface area (Å²) in [6.45, 7) is 8.23. The maximum Gasteiger partial charge on any atom is 0.128 e. The van der Waals surface area contributed by atoms with Gasteiger partial charge in [-0.3, -0.25) is 0 Å². The molecule has 1 heterocycles. The van der Waals surface area contributed by atoms with Gasteiger partial charge in [-0.15, -0.1) is 0 Å². The third-order valence-electron chi connectivity index (χ3n) is 3.27. The van der Waals surface area contributed by atoms with Crippen LogP contribution in [0.3, 0.4) is 0 Å². The quantitative estimate of drug-likeness (QED) is 0.867. The van der Waals surface area contributed by atoms with E-state index in [4.69, 9.17) is 5.73 Å². The molecule has 2 rings (SSSR count). The van der Waals surface area contributed by atoms with E-state index in [1.54, 1.807) is 0 Å². The zero-order valence-electron chi connectivity index (χ0n) is 11.1. The molecule has 1 aliphatic rings. The van der Waals surface area contributed by atoms with Crippen LogP contribution in [0.1, 0.15) is 39.2 Å². The summed E-state index contributed by atoms with van der Waals surface area (Å²) in [5.74, 6) is 1.07. The van der Waals surface area contributed by atoms with Crippen LogP contribution in [0.4, 0.5) is 5.82 Å². The van der Waals surface area contributed by atoms with Crippen molar-refractivity contribution < 1.29 is 0 Å². The highest BCUT2D eigenvalue weighted by Gasteiger charge is 2.29. The lowest BCUT2D eigenvalue weighted by Crippen LogP contribution is -2.32. The maximum atomic E-state index is 5.66. The Hall–Kier alpha value is -1.09. The first-order valence-corrected chi connectivity index (χ1v) is 6.45. The first-order chi connectivity index (χ1) is 8.02. The lowest BCUT2D eigenvalue weighted by Gasteiger charge is -2.24. The van der Waals surface area contributed by atoms with Crippen LogP contribution in [-0.2, 0) is 5.41 Å². The van der Waals surface area contributed by atoms with Crippen molar-refractivity contribution in [1.82, 2.24) is 4.98 Å². The van der Waals surface area contributed by atoms with Crippen molar-refractivity contribution >= 4 is 5.82 Å². The van der Waals surface area contributed by atoms with E-state index in [1.165, 1.54) is 18.4 Å². The van der Waals surface area contributed by atoms with Gasteiger partial charge in [-0.2, -0.15) is 0 Å². The summed E-state index contributed by atoms with van der Waals surface area (Å²) in [5.41, 5.74) is 7.11. The molecule has 1 aliphatic carbocycles. The Labute approximate surface area is 104 Å². The van der Waals surface area contributed by atoms with Crippen molar-refractivity contribution in [3.63, 3.8) is 0 Å². The SMILES string of the molecule is CC(C)(C)c1ccc(N(CCN)C2CC2)nc1. The van der Waals surface area contributed by atoms with Crippen molar-refractivity contribution in [2.24, 2.45) is 5.73 Å². The number of nitrogens with two attached hydrogens (primary N) is 1. The first kappa shape index (κ1) is 12.4. The number of hydrogen-bond donors (Lipinski definition) is 1. The van der Waals surface area contributed by atoms with Gasteiger partial charge in [-0.1, -0.05) is 26.8 Å². The zero-order valence-corrected chi connectivity index (χ0v) is 11.1. The normalized spacial score (nSPS) is 16.0. The average molecular weight is 233 g/mol. The molecule has 0 amide bonds. The summed E-state index contributed by atoms with van der Waals surface area (Å²) in [6, 6.07) is 4.99. The summed E-state index contributed by atoms with van der Waals surface area (Å²) in [5, 5.41) is 0. The molecule has 1 aromatic rings. The van der Waals surface area contributed by atoms with E-state index < -0.39 is 0 Å². The smallest absolute Gasteiger partial charge is 0.128 e. The Morgan fingerprint density at radius 1 is 1.35 bits per heavy atom. The molecule has 0 unspecified atom stereocenters. The minimum Gasteiger partial charge on any atom is -0.352 e. The van der Waals surface area contributed by atoms with E-state index in [2.05, 4.69) is 42.8 Å². The van der Waals surface area contributed by atoms with Gasteiger partial charge >= 0.3 is 0 Å². The minimum absolute atomic E-state index is 0.170. The standard InChI is InChI=1S/C14H23N3/c1-14(2,3)11-4-7-13(16-10-11)17(9-8-15)12-5-6-12/h4,7,10,12H,5-6,8-9,15H2,1-3H3. The fraction of sp³-hybridized carbons (Fsp3) is 0.643. The monoisotopic (exact) mass is 233 g/mol. The van der Waals surface area contributed by atoms with Crippen LogP contribution in [0.15, 0.2) is 18.3 Å². The lowest BCUT2D eigenvalue weighted by atomic mass is 9.88. The Morgan fingerprint density at radius 3 is 2.47 bits per heavy atom. The van der Waals surface area contributed by atoms with Gasteiger partial charge in [0.15, 0.2) is 0 Å². The van der Waals surface area contributed by atoms with E-state index in [0.717, 1.165) is 12.4 Å². The van der Waals surface area contributed by atoms with Crippen LogP contribution >= 0.6 is 0 Å². The molecule has 0 bridgehead atoms. The maximum absolute atomic E-state index is 5.66. The van der Waals surface area contributed by atoms with Gasteiger partial charge in [-0.05, 0) is 29.9 Å². The summed E-state index contributed by atoms with van der Waals surface area (Å²) in [7, 11) is 0. The Balaban J connectivity index is 2.15. The predicted molar refractivity (Wildman–Crippen MR) is 72.4 cm³/mol. The Bertz CT molecular complexity index is 360. The van der Waals surface area contributed by atoms with Gasteiger partial charge in [0.05, 0.1) is 0 Å². The van der Waals surface area contributed by atoms with Crippen molar-refractivity contribution in [2.75, 3.05) is 18.0 Å². The predicted octanol–water partition coefficient (Wildman–Crippen LogP) is 2.31. The van der Waals surface area contributed by atoms with Crippen LogP contribution < -0.4 is 10.6 Å². The van der Waals surface area contributed by atoms with Gasteiger partial charge in [0.25, 0.3) is 0 Å². The molecule has 1 fully saturated rings. The average Bonchev–Trinajstić information content (AvgIpc) is 3.09. The first-order valence-electron chi connectivity index (χ1n) is 6.45. The molecule has 0 saturated heterocycles. The minimum atomic E-state index is 0.170. The highest BCUT2D eigenvalue weighted by molar-refractivity contribution is 5.43. The van der Waals surface area contributed by atoms with E-state index in [0.29, 0.717) is 12.6 Å². The number of aromatic nitrogens is 1. The molecule has 1 aromatic heterocycles. The molecule has 0 radical (unpaired) electrons. The van der Waals surface area contributed by atoms with E-state index in [1.807, 2.05) is 6.20 Å². The fourth-order valence-corrected chi connectivity index (χ4v) is 2.01. The number of rotatable bonds is 4. The van der Waals surface area contributed by atoms with E-state index in [-0.39, 0.29) is 5.41 Å². The van der Waals surface area contributed by atoms with E-state index in [9.17, 15) is 0 Å². The number of nitrogens with zero attached hydrogens (tertiary/aromatic N) is 2. The molecule has 17 heavy (non-hydrogen) atoms. The van der Waals surface area contributed by atoms with Crippen LogP contribution in [0.25, 0.3) is 0 Å². The van der Waals surface area contributed by atoms with Gasteiger partial charge < -0.3 is 10.6 Å². The van der Waals surface area contributed by atoms with Crippen molar-refractivity contribution in [1.29, 1.82) is 0 Å². The second kappa shape index (κ2) is 4.65.